The number of nitrogens with zero attached hydrogens (tertiary/aromatic N) is 2. The number of nitrogens with one attached hydrogen (secondary N) is 1. The van der Waals surface area contributed by atoms with Gasteiger partial charge in [-0.3, -0.25) is 14.5 Å². The number of amides is 2. The number of benzene rings is 2. The lowest BCUT2D eigenvalue weighted by Gasteiger charge is -2.10. The number of hydrogen-bond donors (Lipinski definition) is 1. The zero-order chi connectivity index (χ0) is 20.1. The van der Waals surface area contributed by atoms with Crippen LogP contribution >= 0.6 is 35.0 Å². The van der Waals surface area contributed by atoms with Crippen LogP contribution in [0.25, 0.3) is 6.08 Å². The fourth-order valence-electron chi connectivity index (χ4n) is 2.45. The molecule has 0 aliphatic carbocycles. The highest BCUT2D eigenvalue weighted by molar-refractivity contribution is 8.14. The van der Waals surface area contributed by atoms with Crippen molar-refractivity contribution in [3.05, 3.63) is 75.4 Å². The molecule has 0 saturated carbocycles. The molecule has 0 spiro atoms. The molecular formula is C20H17Cl2N3O2S. The molecule has 2 aromatic carbocycles. The molecule has 3 rings (SSSR count). The highest BCUT2D eigenvalue weighted by Gasteiger charge is 2.27. The van der Waals surface area contributed by atoms with E-state index in [-0.39, 0.29) is 23.3 Å². The van der Waals surface area contributed by atoms with Crippen LogP contribution in [0.15, 0.2) is 59.2 Å². The Labute approximate surface area is 177 Å². The summed E-state index contributed by atoms with van der Waals surface area (Å²) < 4.78 is 0. The van der Waals surface area contributed by atoms with Gasteiger partial charge in [0.25, 0.3) is 5.91 Å². The van der Waals surface area contributed by atoms with Crippen molar-refractivity contribution in [2.75, 3.05) is 12.8 Å². The van der Waals surface area contributed by atoms with Gasteiger partial charge >= 0.3 is 0 Å². The minimum Gasteiger partial charge on any atom is -0.351 e. The van der Waals surface area contributed by atoms with Crippen LogP contribution in [-0.2, 0) is 16.1 Å². The highest BCUT2D eigenvalue weighted by Crippen LogP contribution is 2.27. The maximum atomic E-state index is 12.4. The van der Waals surface area contributed by atoms with Gasteiger partial charge in [0.05, 0.1) is 5.75 Å². The van der Waals surface area contributed by atoms with E-state index < -0.39 is 0 Å². The Hall–Kier alpha value is -2.28. The molecular weight excluding hydrogens is 417 g/mol. The fraction of sp³-hybridized carbons (Fsp3) is 0.150. The van der Waals surface area contributed by atoms with Crippen molar-refractivity contribution in [3.63, 3.8) is 0 Å². The van der Waals surface area contributed by atoms with E-state index in [1.165, 1.54) is 16.7 Å². The minimum absolute atomic E-state index is 0.129. The molecule has 2 amide bonds. The Morgan fingerprint density at radius 3 is 2.68 bits per heavy atom. The van der Waals surface area contributed by atoms with E-state index in [0.29, 0.717) is 27.3 Å². The predicted octanol–water partition coefficient (Wildman–Crippen LogP) is 4.21. The molecule has 0 radical (unpaired) electrons. The molecule has 1 N–H and O–H groups in total. The first-order valence-electron chi connectivity index (χ1n) is 8.41. The van der Waals surface area contributed by atoms with Crippen molar-refractivity contribution >= 4 is 58.0 Å². The smallest absolute Gasteiger partial charge is 0.278 e. The number of rotatable bonds is 5. The molecule has 0 unspecified atom stereocenters. The Balaban J connectivity index is 1.62. The molecule has 144 valence electrons. The van der Waals surface area contributed by atoms with Gasteiger partial charge in [0, 0.05) is 23.6 Å². The second-order valence-corrected chi connectivity index (χ2v) is 7.79. The average Bonchev–Trinajstić information content (AvgIpc) is 2.95. The summed E-state index contributed by atoms with van der Waals surface area (Å²) in [4.78, 5) is 30.3. The van der Waals surface area contributed by atoms with Gasteiger partial charge in [0.1, 0.15) is 5.70 Å². The van der Waals surface area contributed by atoms with Crippen LogP contribution in [-0.4, -0.2) is 34.7 Å². The van der Waals surface area contributed by atoms with E-state index in [2.05, 4.69) is 10.3 Å². The number of hydrogen-bond acceptors (Lipinski definition) is 4. The summed E-state index contributed by atoms with van der Waals surface area (Å²) in [5.74, 6) is -0.216. The van der Waals surface area contributed by atoms with Crippen LogP contribution in [0, 0.1) is 0 Å². The van der Waals surface area contributed by atoms with Crippen molar-refractivity contribution in [1.82, 2.24) is 10.2 Å². The van der Waals surface area contributed by atoms with E-state index in [4.69, 9.17) is 23.2 Å². The topological polar surface area (TPSA) is 61.8 Å². The monoisotopic (exact) mass is 433 g/mol. The second-order valence-electron chi connectivity index (χ2n) is 6.00. The molecule has 1 aliphatic heterocycles. The third-order valence-electron chi connectivity index (χ3n) is 3.95. The third kappa shape index (κ3) is 5.16. The summed E-state index contributed by atoms with van der Waals surface area (Å²) in [6.07, 6.45) is 1.61. The highest BCUT2D eigenvalue weighted by atomic mass is 35.5. The van der Waals surface area contributed by atoms with Gasteiger partial charge in [-0.1, -0.05) is 71.4 Å². The van der Waals surface area contributed by atoms with Crippen molar-refractivity contribution < 1.29 is 9.59 Å². The standard InChI is InChI=1S/C20H17Cl2N3O2S/c1-25-19(27)17(9-14-7-8-15(21)10-16(14)22)24-20(25)28-12-18(26)23-11-13-5-3-2-4-6-13/h2-10H,11-12H2,1H3,(H,23,26). The van der Waals surface area contributed by atoms with Gasteiger partial charge in [0.2, 0.25) is 5.91 Å². The molecule has 0 fully saturated rings. The number of likely N-dealkylation sites (N-methyl/N-ethyl adjacent to an activating group) is 1. The first-order valence-corrected chi connectivity index (χ1v) is 10.1. The molecule has 0 atom stereocenters. The molecule has 0 saturated heterocycles. The van der Waals surface area contributed by atoms with Crippen LogP contribution in [0.3, 0.4) is 0 Å². The Morgan fingerprint density at radius 2 is 1.96 bits per heavy atom. The Kier molecular flexibility index (Phi) is 6.78. The first-order chi connectivity index (χ1) is 13.4. The average molecular weight is 434 g/mol. The predicted molar refractivity (Wildman–Crippen MR) is 115 cm³/mol. The Bertz CT molecular complexity index is 961. The van der Waals surface area contributed by atoms with Crippen LogP contribution in [0.4, 0.5) is 0 Å². The van der Waals surface area contributed by atoms with E-state index in [0.717, 1.165) is 5.56 Å². The zero-order valence-electron chi connectivity index (χ0n) is 15.0. The lowest BCUT2D eigenvalue weighted by molar-refractivity contribution is -0.121. The van der Waals surface area contributed by atoms with Crippen LogP contribution in [0.1, 0.15) is 11.1 Å². The normalized spacial score (nSPS) is 15.1. The quantitative estimate of drug-likeness (QED) is 0.718. The number of carbonyl (C=O) groups is 2. The van der Waals surface area contributed by atoms with Gasteiger partial charge in [0.15, 0.2) is 5.17 Å². The van der Waals surface area contributed by atoms with E-state index in [1.54, 1.807) is 31.3 Å². The van der Waals surface area contributed by atoms with Crippen molar-refractivity contribution in [3.8, 4) is 0 Å². The molecule has 8 heteroatoms. The molecule has 0 bridgehead atoms. The lowest BCUT2D eigenvalue weighted by atomic mass is 10.2. The van der Waals surface area contributed by atoms with E-state index in [9.17, 15) is 9.59 Å². The molecule has 0 aromatic heterocycles. The number of amidine groups is 1. The van der Waals surface area contributed by atoms with Gasteiger partial charge in [-0.05, 0) is 29.3 Å². The number of halogens is 2. The third-order valence-corrected chi connectivity index (χ3v) is 5.54. The zero-order valence-corrected chi connectivity index (χ0v) is 17.3. The van der Waals surface area contributed by atoms with Crippen molar-refractivity contribution in [2.45, 2.75) is 6.54 Å². The summed E-state index contributed by atoms with van der Waals surface area (Å²) in [7, 11) is 1.63. The maximum absolute atomic E-state index is 12.4. The van der Waals surface area contributed by atoms with E-state index >= 15 is 0 Å². The van der Waals surface area contributed by atoms with Gasteiger partial charge in [-0.15, -0.1) is 0 Å². The number of carbonyl (C=O) groups excluding carboxylic acids is 2. The summed E-state index contributed by atoms with van der Waals surface area (Å²) in [5.41, 5.74) is 1.94. The SMILES string of the molecule is CN1C(=O)C(=Cc2ccc(Cl)cc2Cl)N=C1SCC(=O)NCc1ccccc1. The van der Waals surface area contributed by atoms with Crippen LogP contribution in [0.5, 0.6) is 0 Å². The van der Waals surface area contributed by atoms with Gasteiger partial charge in [-0.2, -0.15) is 0 Å². The molecule has 1 heterocycles. The number of aliphatic imine (C=N–C) groups is 1. The van der Waals surface area contributed by atoms with Gasteiger partial charge < -0.3 is 5.32 Å². The molecule has 2 aromatic rings. The molecule has 5 nitrogen and oxygen atoms in total. The largest absolute Gasteiger partial charge is 0.351 e. The Morgan fingerprint density at radius 1 is 1.21 bits per heavy atom. The van der Waals surface area contributed by atoms with Crippen molar-refractivity contribution in [1.29, 1.82) is 0 Å². The van der Waals surface area contributed by atoms with Crippen molar-refractivity contribution in [2.24, 2.45) is 4.99 Å². The molecule has 28 heavy (non-hydrogen) atoms. The maximum Gasteiger partial charge on any atom is 0.278 e. The summed E-state index contributed by atoms with van der Waals surface area (Å²) in [6.45, 7) is 0.460. The fourth-order valence-corrected chi connectivity index (χ4v) is 3.72. The van der Waals surface area contributed by atoms with Crippen LogP contribution < -0.4 is 5.32 Å². The van der Waals surface area contributed by atoms with Gasteiger partial charge in [-0.25, -0.2) is 4.99 Å². The summed E-state index contributed by atoms with van der Waals surface area (Å²) in [6, 6.07) is 14.7. The summed E-state index contributed by atoms with van der Waals surface area (Å²) >= 11 is 13.3. The minimum atomic E-state index is -0.252. The van der Waals surface area contributed by atoms with E-state index in [1.807, 2.05) is 30.3 Å². The first kappa shape index (κ1) is 20.5. The second kappa shape index (κ2) is 9.28. The number of thioether (sulfide) groups is 1. The summed E-state index contributed by atoms with van der Waals surface area (Å²) in [5, 5.41) is 4.27. The lowest BCUT2D eigenvalue weighted by Crippen LogP contribution is -2.29. The molecule has 1 aliphatic rings. The van der Waals surface area contributed by atoms with Crippen LogP contribution in [0.2, 0.25) is 10.0 Å².